The molecule has 4 rings (SSSR count). The van der Waals surface area contributed by atoms with Gasteiger partial charge in [0.2, 0.25) is 5.91 Å². The van der Waals surface area contributed by atoms with E-state index in [9.17, 15) is 9.59 Å². The summed E-state index contributed by atoms with van der Waals surface area (Å²) in [5.74, 6) is 1.76. The van der Waals surface area contributed by atoms with Crippen molar-refractivity contribution >= 4 is 52.0 Å². The molecular formula is C30H40Cl2N6O2. The zero-order valence-corrected chi connectivity index (χ0v) is 25.8. The van der Waals surface area contributed by atoms with E-state index in [1.165, 1.54) is 0 Å². The summed E-state index contributed by atoms with van der Waals surface area (Å²) in [7, 11) is 1.92. The lowest BCUT2D eigenvalue weighted by atomic mass is 9.87. The maximum atomic E-state index is 13.4. The Kier molecular flexibility index (Phi) is 9.30. The lowest BCUT2D eigenvalue weighted by Crippen LogP contribution is -2.38. The second-order valence-corrected chi connectivity index (χ2v) is 12.8. The first-order chi connectivity index (χ1) is 18.9. The standard InChI is InChI=1S/C30H40Cl2N6O2/c1-7-38(6)27-21(28(39)34-19-11-8-17(2)9-12-19)14-23-26(37-27)36-24(35-23)15-20-22(31)13-10-18(25(20)32)16-33-29(40)30(3,4)5/h10,13-14,17,19H,7-9,11-12,15-16H2,1-6H3,(H,33,40)(H,34,39)(H,35,36,37). The van der Waals surface area contributed by atoms with E-state index in [2.05, 4.69) is 22.5 Å². The number of amides is 2. The minimum Gasteiger partial charge on any atom is -0.359 e. The maximum absolute atomic E-state index is 13.4. The van der Waals surface area contributed by atoms with Gasteiger partial charge in [-0.2, -0.15) is 0 Å². The Morgan fingerprint density at radius 2 is 1.82 bits per heavy atom. The number of halogens is 2. The van der Waals surface area contributed by atoms with Crippen LogP contribution < -0.4 is 15.5 Å². The average molecular weight is 588 g/mol. The van der Waals surface area contributed by atoms with Crippen molar-refractivity contribution in [3.63, 3.8) is 0 Å². The molecule has 8 nitrogen and oxygen atoms in total. The SMILES string of the molecule is CCN(C)c1nc2nc(Cc3c(Cl)ccc(CNC(=O)C(C)(C)C)c3Cl)[nH]c2cc1C(=O)NC1CCC(C)CC1. The van der Waals surface area contributed by atoms with E-state index >= 15 is 0 Å². The van der Waals surface area contributed by atoms with Crippen molar-refractivity contribution in [3.8, 4) is 0 Å². The van der Waals surface area contributed by atoms with Gasteiger partial charge in [0.05, 0.1) is 16.1 Å². The summed E-state index contributed by atoms with van der Waals surface area (Å²) in [5, 5.41) is 7.17. The molecule has 2 aromatic heterocycles. The third kappa shape index (κ3) is 6.89. The number of H-pyrrole nitrogens is 1. The van der Waals surface area contributed by atoms with E-state index < -0.39 is 5.41 Å². The average Bonchev–Trinajstić information content (AvgIpc) is 3.31. The van der Waals surface area contributed by atoms with Crippen molar-refractivity contribution in [1.29, 1.82) is 0 Å². The van der Waals surface area contributed by atoms with Gasteiger partial charge in [0, 0.05) is 43.0 Å². The lowest BCUT2D eigenvalue weighted by Gasteiger charge is -2.27. The van der Waals surface area contributed by atoms with Crippen LogP contribution in [0.5, 0.6) is 0 Å². The molecule has 2 heterocycles. The van der Waals surface area contributed by atoms with Crippen LogP contribution in [0.1, 0.15) is 87.6 Å². The fourth-order valence-electron chi connectivity index (χ4n) is 4.89. The Bertz CT molecular complexity index is 1390. The van der Waals surface area contributed by atoms with Crippen molar-refractivity contribution in [2.24, 2.45) is 11.3 Å². The number of hydrogen-bond acceptors (Lipinski definition) is 5. The van der Waals surface area contributed by atoms with Crippen LogP contribution in [0.25, 0.3) is 11.2 Å². The molecule has 0 unspecified atom stereocenters. The van der Waals surface area contributed by atoms with Crippen LogP contribution in [0.15, 0.2) is 18.2 Å². The number of carbonyl (C=O) groups excluding carboxylic acids is 2. The Labute approximate surface area is 246 Å². The molecule has 1 fully saturated rings. The summed E-state index contributed by atoms with van der Waals surface area (Å²) in [5.41, 5.74) is 2.70. The van der Waals surface area contributed by atoms with Gasteiger partial charge in [-0.25, -0.2) is 9.97 Å². The molecule has 0 aliphatic heterocycles. The molecule has 0 radical (unpaired) electrons. The molecule has 1 aliphatic carbocycles. The number of nitrogens with zero attached hydrogens (tertiary/aromatic N) is 3. The van der Waals surface area contributed by atoms with Crippen LogP contribution in [0, 0.1) is 11.3 Å². The quantitative estimate of drug-likeness (QED) is 0.288. The molecule has 0 saturated heterocycles. The Balaban J connectivity index is 1.60. The second kappa shape index (κ2) is 12.4. The zero-order valence-electron chi connectivity index (χ0n) is 24.3. The molecule has 2 amide bonds. The van der Waals surface area contributed by atoms with E-state index in [0.29, 0.717) is 69.4 Å². The van der Waals surface area contributed by atoms with Crippen molar-refractivity contribution in [3.05, 3.63) is 50.8 Å². The van der Waals surface area contributed by atoms with Crippen LogP contribution in [-0.4, -0.2) is 46.4 Å². The third-order valence-corrected chi connectivity index (χ3v) is 8.49. The van der Waals surface area contributed by atoms with Gasteiger partial charge in [-0.15, -0.1) is 0 Å². The summed E-state index contributed by atoms with van der Waals surface area (Å²) in [4.78, 5) is 40.5. The summed E-state index contributed by atoms with van der Waals surface area (Å²) >= 11 is 13.3. The normalized spacial score (nSPS) is 17.6. The number of rotatable bonds is 8. The highest BCUT2D eigenvalue weighted by Gasteiger charge is 2.25. The molecule has 216 valence electrons. The van der Waals surface area contributed by atoms with E-state index in [0.717, 1.165) is 31.2 Å². The van der Waals surface area contributed by atoms with E-state index in [1.807, 2.05) is 51.8 Å². The number of nitrogens with one attached hydrogen (secondary N) is 3. The molecule has 3 aromatic rings. The monoisotopic (exact) mass is 586 g/mol. The summed E-state index contributed by atoms with van der Waals surface area (Å²) < 4.78 is 0. The van der Waals surface area contributed by atoms with Crippen molar-refractivity contribution < 1.29 is 9.59 Å². The Morgan fingerprint density at radius 3 is 2.48 bits per heavy atom. The van der Waals surface area contributed by atoms with E-state index in [-0.39, 0.29) is 17.9 Å². The summed E-state index contributed by atoms with van der Waals surface area (Å²) in [6.07, 6.45) is 4.59. The van der Waals surface area contributed by atoms with Crippen LogP contribution >= 0.6 is 23.2 Å². The smallest absolute Gasteiger partial charge is 0.255 e. The number of hydrogen-bond donors (Lipinski definition) is 3. The zero-order chi connectivity index (χ0) is 29.2. The van der Waals surface area contributed by atoms with Gasteiger partial charge in [-0.3, -0.25) is 9.59 Å². The Hall–Kier alpha value is -2.84. The lowest BCUT2D eigenvalue weighted by molar-refractivity contribution is -0.128. The minimum atomic E-state index is -0.502. The number of imidazole rings is 1. The summed E-state index contributed by atoms with van der Waals surface area (Å²) in [6.45, 7) is 10.9. The number of carbonyl (C=O) groups is 2. The molecule has 1 aromatic carbocycles. The first kappa shape index (κ1) is 30.1. The topological polar surface area (TPSA) is 103 Å². The van der Waals surface area contributed by atoms with Crippen LogP contribution in [-0.2, 0) is 17.8 Å². The number of pyridine rings is 1. The molecule has 0 spiro atoms. The fraction of sp³-hybridized carbons (Fsp3) is 0.533. The van der Waals surface area contributed by atoms with Gasteiger partial charge in [-0.05, 0) is 61.8 Å². The summed E-state index contributed by atoms with van der Waals surface area (Å²) in [6, 6.07) is 5.62. The predicted molar refractivity (Wildman–Crippen MR) is 162 cm³/mol. The molecule has 0 atom stereocenters. The number of fused-ring (bicyclic) bond motifs is 1. The van der Waals surface area contributed by atoms with Gasteiger partial charge in [0.1, 0.15) is 11.6 Å². The number of aromatic amines is 1. The van der Waals surface area contributed by atoms with Crippen LogP contribution in [0.4, 0.5) is 5.82 Å². The van der Waals surface area contributed by atoms with Crippen molar-refractivity contribution in [1.82, 2.24) is 25.6 Å². The predicted octanol–water partition coefficient (Wildman–Crippen LogP) is 6.28. The highest BCUT2D eigenvalue weighted by atomic mass is 35.5. The molecule has 10 heteroatoms. The molecule has 40 heavy (non-hydrogen) atoms. The number of benzene rings is 1. The minimum absolute atomic E-state index is 0.0610. The third-order valence-electron chi connectivity index (χ3n) is 7.66. The van der Waals surface area contributed by atoms with Gasteiger partial charge in [0.15, 0.2) is 5.65 Å². The highest BCUT2D eigenvalue weighted by molar-refractivity contribution is 6.36. The van der Waals surface area contributed by atoms with E-state index in [4.69, 9.17) is 33.2 Å². The maximum Gasteiger partial charge on any atom is 0.255 e. The van der Waals surface area contributed by atoms with Crippen LogP contribution in [0.3, 0.4) is 0 Å². The molecule has 3 N–H and O–H groups in total. The second-order valence-electron chi connectivity index (χ2n) is 12.0. The molecular weight excluding hydrogens is 547 g/mol. The van der Waals surface area contributed by atoms with E-state index in [1.54, 1.807) is 6.07 Å². The molecule has 1 aliphatic rings. The number of aromatic nitrogens is 3. The van der Waals surface area contributed by atoms with Crippen molar-refractivity contribution in [2.45, 2.75) is 79.3 Å². The highest BCUT2D eigenvalue weighted by Crippen LogP contribution is 2.31. The van der Waals surface area contributed by atoms with Gasteiger partial charge in [0.25, 0.3) is 5.91 Å². The first-order valence-electron chi connectivity index (χ1n) is 14.0. The molecule has 0 bridgehead atoms. The first-order valence-corrected chi connectivity index (χ1v) is 14.8. The van der Waals surface area contributed by atoms with Gasteiger partial charge in [-0.1, -0.05) is 57.0 Å². The number of anilines is 1. The van der Waals surface area contributed by atoms with Gasteiger partial charge < -0.3 is 20.5 Å². The van der Waals surface area contributed by atoms with Crippen LogP contribution in [0.2, 0.25) is 10.0 Å². The van der Waals surface area contributed by atoms with Crippen molar-refractivity contribution in [2.75, 3.05) is 18.5 Å². The fourth-order valence-corrected chi connectivity index (χ4v) is 5.47. The largest absolute Gasteiger partial charge is 0.359 e. The molecule has 1 saturated carbocycles. The van der Waals surface area contributed by atoms with Gasteiger partial charge >= 0.3 is 0 Å². The Morgan fingerprint density at radius 1 is 1.12 bits per heavy atom.